The molecule has 8 heteroatoms. The number of carbonyl (C=O) groups is 2. The topological polar surface area (TPSA) is 78.4 Å². The molecule has 2 bridgehead atoms. The molecule has 1 aromatic carbocycles. The molecule has 3 fully saturated rings. The maximum Gasteiger partial charge on any atom is 0.223 e. The van der Waals surface area contributed by atoms with Crippen LogP contribution in [0, 0.1) is 17.2 Å². The van der Waals surface area contributed by atoms with Crippen LogP contribution in [0.1, 0.15) is 69.9 Å². The predicted octanol–water partition coefficient (Wildman–Crippen LogP) is 4.29. The molecule has 3 saturated carbocycles. The Balaban J connectivity index is 1.62. The lowest BCUT2D eigenvalue weighted by molar-refractivity contribution is -0.127. The monoisotopic (exact) mass is 456 g/mol. The van der Waals surface area contributed by atoms with E-state index in [1.54, 1.807) is 0 Å². The average Bonchev–Trinajstić information content (AvgIpc) is 3.37. The Morgan fingerprint density at radius 2 is 1.90 bits per heavy atom. The minimum atomic E-state index is -0.756. The van der Waals surface area contributed by atoms with Crippen LogP contribution in [0.25, 0.3) is 0 Å². The fourth-order valence-electron chi connectivity index (χ4n) is 5.85. The van der Waals surface area contributed by atoms with E-state index in [4.69, 9.17) is 23.2 Å². The van der Waals surface area contributed by atoms with Crippen molar-refractivity contribution in [1.29, 1.82) is 0 Å². The maximum absolute atomic E-state index is 15.0. The van der Waals surface area contributed by atoms with Gasteiger partial charge in [-0.15, -0.1) is 0 Å². The molecule has 0 spiro atoms. The summed E-state index contributed by atoms with van der Waals surface area (Å²) in [7, 11) is 0. The number of halogens is 3. The van der Waals surface area contributed by atoms with Crippen LogP contribution in [-0.2, 0) is 9.59 Å². The van der Waals surface area contributed by atoms with Crippen LogP contribution in [0.15, 0.2) is 12.1 Å². The molecule has 0 heterocycles. The van der Waals surface area contributed by atoms with Gasteiger partial charge in [0.1, 0.15) is 5.82 Å². The number of benzene rings is 1. The molecule has 3 aliphatic carbocycles. The summed E-state index contributed by atoms with van der Waals surface area (Å²) in [5, 5.41) is 17.1. The van der Waals surface area contributed by atoms with Crippen molar-refractivity contribution < 1.29 is 19.1 Å². The number of rotatable bonds is 5. The highest BCUT2D eigenvalue weighted by molar-refractivity contribution is 6.42. The van der Waals surface area contributed by atoms with Crippen molar-refractivity contribution in [3.63, 3.8) is 0 Å². The van der Waals surface area contributed by atoms with E-state index in [0.717, 1.165) is 6.42 Å². The molecule has 0 aromatic heterocycles. The number of nitrogens with one attached hydrogen (secondary N) is 2. The van der Waals surface area contributed by atoms with Crippen molar-refractivity contribution in [3.8, 4) is 0 Å². The molecule has 0 saturated heterocycles. The number of hydrogen-bond acceptors (Lipinski definition) is 3. The zero-order valence-electron chi connectivity index (χ0n) is 16.9. The van der Waals surface area contributed by atoms with Crippen LogP contribution in [0.2, 0.25) is 10.0 Å². The average molecular weight is 457 g/mol. The molecule has 0 aliphatic heterocycles. The standard InChI is InChI=1S/C22H27Cl2FN2O3/c1-12(28)26-14-3-2-13(10-14)20(29)27-19(17-16(25)5-4-15(23)18(17)24)21-6-8-22(30,11-21)9-7-21/h4-5,13-14,19,30H,2-3,6-11H2,1H3,(H,26,28)(H,27,29)/t13-,14-,19+,21?,22?/m1/s1. The van der Waals surface area contributed by atoms with Gasteiger partial charge in [0, 0.05) is 24.4 Å². The number of aliphatic hydroxyl groups is 1. The lowest BCUT2D eigenvalue weighted by Crippen LogP contribution is -2.42. The van der Waals surface area contributed by atoms with Crippen LogP contribution < -0.4 is 10.6 Å². The minimum Gasteiger partial charge on any atom is -0.390 e. The Bertz CT molecular complexity index is 870. The van der Waals surface area contributed by atoms with E-state index in [0.29, 0.717) is 44.9 Å². The number of hydrogen-bond donors (Lipinski definition) is 3. The van der Waals surface area contributed by atoms with Crippen molar-refractivity contribution in [3.05, 3.63) is 33.6 Å². The zero-order valence-corrected chi connectivity index (χ0v) is 18.5. The van der Waals surface area contributed by atoms with E-state index in [2.05, 4.69) is 10.6 Å². The lowest BCUT2D eigenvalue weighted by atomic mass is 9.74. The fourth-order valence-corrected chi connectivity index (χ4v) is 6.28. The third-order valence-electron chi connectivity index (χ3n) is 7.34. The first-order valence-electron chi connectivity index (χ1n) is 10.6. The van der Waals surface area contributed by atoms with Crippen molar-refractivity contribution in [2.45, 2.75) is 76.0 Å². The quantitative estimate of drug-likeness (QED) is 0.578. The van der Waals surface area contributed by atoms with Gasteiger partial charge in [0.15, 0.2) is 0 Å². The van der Waals surface area contributed by atoms with Crippen LogP contribution >= 0.6 is 23.2 Å². The summed E-state index contributed by atoms with van der Waals surface area (Å²) in [5.41, 5.74) is -0.996. The fraction of sp³-hybridized carbons (Fsp3) is 0.636. The smallest absolute Gasteiger partial charge is 0.223 e. The molecule has 5 nitrogen and oxygen atoms in total. The third kappa shape index (κ3) is 3.94. The van der Waals surface area contributed by atoms with Crippen molar-refractivity contribution in [2.24, 2.45) is 11.3 Å². The highest BCUT2D eigenvalue weighted by Crippen LogP contribution is 2.62. The molecule has 4 rings (SSSR count). The van der Waals surface area contributed by atoms with E-state index in [-0.39, 0.29) is 39.4 Å². The summed E-state index contributed by atoms with van der Waals surface area (Å²) in [4.78, 5) is 24.5. The van der Waals surface area contributed by atoms with E-state index >= 15 is 0 Å². The molecule has 2 amide bonds. The van der Waals surface area contributed by atoms with Gasteiger partial charge in [-0.2, -0.15) is 0 Å². The second-order valence-corrected chi connectivity index (χ2v) is 10.2. The third-order valence-corrected chi connectivity index (χ3v) is 8.15. The van der Waals surface area contributed by atoms with Crippen LogP contribution in [-0.4, -0.2) is 28.6 Å². The highest BCUT2D eigenvalue weighted by atomic mass is 35.5. The maximum atomic E-state index is 15.0. The number of amides is 2. The zero-order chi connectivity index (χ0) is 21.7. The number of carbonyl (C=O) groups excluding carboxylic acids is 2. The molecule has 1 aromatic rings. The second kappa shape index (κ2) is 7.95. The van der Waals surface area contributed by atoms with Crippen LogP contribution in [0.5, 0.6) is 0 Å². The van der Waals surface area contributed by atoms with Gasteiger partial charge in [0.2, 0.25) is 11.8 Å². The number of fused-ring (bicyclic) bond motifs is 2. The molecule has 30 heavy (non-hydrogen) atoms. The highest BCUT2D eigenvalue weighted by Gasteiger charge is 2.58. The molecule has 3 atom stereocenters. The Hall–Kier alpha value is -1.37. The molecule has 0 unspecified atom stereocenters. The van der Waals surface area contributed by atoms with Gasteiger partial charge in [0.05, 0.1) is 21.7 Å². The van der Waals surface area contributed by atoms with Gasteiger partial charge >= 0.3 is 0 Å². The molecular weight excluding hydrogens is 430 g/mol. The predicted molar refractivity (Wildman–Crippen MR) is 113 cm³/mol. The first-order chi connectivity index (χ1) is 14.1. The molecule has 3 aliphatic rings. The Kier molecular flexibility index (Phi) is 5.79. The van der Waals surface area contributed by atoms with Gasteiger partial charge in [-0.25, -0.2) is 4.39 Å². The van der Waals surface area contributed by atoms with E-state index in [9.17, 15) is 19.1 Å². The van der Waals surface area contributed by atoms with Gasteiger partial charge < -0.3 is 15.7 Å². The summed E-state index contributed by atoms with van der Waals surface area (Å²) >= 11 is 12.6. The molecule has 3 N–H and O–H groups in total. The first kappa shape index (κ1) is 21.8. The summed E-state index contributed by atoms with van der Waals surface area (Å²) < 4.78 is 15.0. The Labute approximate surface area is 185 Å². The van der Waals surface area contributed by atoms with Gasteiger partial charge in [0.25, 0.3) is 0 Å². The summed E-state index contributed by atoms with van der Waals surface area (Å²) in [5.74, 6) is -1.04. The van der Waals surface area contributed by atoms with E-state index in [1.807, 2.05) is 0 Å². The summed E-state index contributed by atoms with van der Waals surface area (Å²) in [6, 6.07) is 2.00. The molecule has 0 radical (unpaired) electrons. The van der Waals surface area contributed by atoms with Crippen molar-refractivity contribution in [2.75, 3.05) is 0 Å². The Morgan fingerprint density at radius 1 is 1.20 bits per heavy atom. The minimum absolute atomic E-state index is 0.0237. The Morgan fingerprint density at radius 3 is 2.50 bits per heavy atom. The summed E-state index contributed by atoms with van der Waals surface area (Å²) in [6.45, 7) is 1.47. The SMILES string of the molecule is CC(=O)N[C@@H]1CC[C@@H](C(=O)N[C@@H](c2c(F)ccc(Cl)c2Cl)C23CCC(O)(CC2)C3)C1. The van der Waals surface area contributed by atoms with Gasteiger partial charge in [-0.3, -0.25) is 9.59 Å². The largest absolute Gasteiger partial charge is 0.390 e. The lowest BCUT2D eigenvalue weighted by Gasteiger charge is -2.38. The summed E-state index contributed by atoms with van der Waals surface area (Å²) in [6.07, 6.45) is 5.10. The van der Waals surface area contributed by atoms with E-state index in [1.165, 1.54) is 19.1 Å². The second-order valence-electron chi connectivity index (χ2n) is 9.37. The van der Waals surface area contributed by atoms with Crippen molar-refractivity contribution >= 4 is 35.0 Å². The first-order valence-corrected chi connectivity index (χ1v) is 11.3. The van der Waals surface area contributed by atoms with E-state index < -0.39 is 22.9 Å². The van der Waals surface area contributed by atoms with Crippen molar-refractivity contribution in [1.82, 2.24) is 10.6 Å². The molecule has 164 valence electrons. The van der Waals surface area contributed by atoms with Gasteiger partial charge in [-0.1, -0.05) is 23.2 Å². The van der Waals surface area contributed by atoms with Crippen LogP contribution in [0.4, 0.5) is 4.39 Å². The molecular formula is C22H27Cl2FN2O3. The normalized spacial score (nSPS) is 33.5. The van der Waals surface area contributed by atoms with Gasteiger partial charge in [-0.05, 0) is 68.9 Å². The van der Waals surface area contributed by atoms with Crippen LogP contribution in [0.3, 0.4) is 0 Å².